The van der Waals surface area contributed by atoms with Crippen molar-refractivity contribution in [2.45, 2.75) is 13.8 Å². The number of nitrogens with zero attached hydrogens (tertiary/aromatic N) is 1. The van der Waals surface area contributed by atoms with Crippen LogP contribution in [0.4, 0.5) is 5.69 Å². The molecular weight excluding hydrogens is 298 g/mol. The van der Waals surface area contributed by atoms with Gasteiger partial charge in [-0.1, -0.05) is 24.3 Å². The molecule has 0 aliphatic heterocycles. The third-order valence-electron chi connectivity index (χ3n) is 3.56. The highest BCUT2D eigenvalue weighted by molar-refractivity contribution is 6.20. The molecule has 0 amide bonds. The molecule has 118 valence electrons. The molecule has 0 aromatic heterocycles. The molecule has 0 heterocycles. The average Bonchev–Trinajstić information content (AvgIpc) is 2.48. The van der Waals surface area contributed by atoms with Gasteiger partial charge in [0, 0.05) is 6.07 Å². The fourth-order valence-corrected chi connectivity index (χ4v) is 2.12. The Hall–Kier alpha value is -3.15. The normalized spacial score (nSPS) is 11.3. The monoisotopic (exact) mass is 313 g/mol. The number of aryl methyl sites for hydroxylation is 2. The van der Waals surface area contributed by atoms with Crippen LogP contribution in [0.15, 0.2) is 36.4 Å². The summed E-state index contributed by atoms with van der Waals surface area (Å²) in [7, 11) is 0. The van der Waals surface area contributed by atoms with Crippen LogP contribution in [0.3, 0.4) is 0 Å². The van der Waals surface area contributed by atoms with E-state index in [0.29, 0.717) is 11.1 Å². The van der Waals surface area contributed by atoms with Crippen LogP contribution in [0.25, 0.3) is 11.6 Å². The molecule has 2 N–H and O–H groups in total. The van der Waals surface area contributed by atoms with E-state index < -0.39 is 22.3 Å². The molecule has 0 unspecified atom stereocenters. The minimum atomic E-state index is -1.14. The maximum Gasteiger partial charge on any atom is 0.336 e. The molecule has 0 saturated heterocycles. The molecule has 0 spiro atoms. The first kappa shape index (κ1) is 16.2. The van der Waals surface area contributed by atoms with Crippen LogP contribution in [0.5, 0.6) is 5.75 Å². The number of rotatable bonds is 4. The molecule has 0 saturated carbocycles. The van der Waals surface area contributed by atoms with Crippen molar-refractivity contribution in [3.05, 3.63) is 68.8 Å². The van der Waals surface area contributed by atoms with E-state index in [4.69, 9.17) is 0 Å². The predicted octanol–water partition coefficient (Wildman–Crippen LogP) is 3.54. The second-order valence-corrected chi connectivity index (χ2v) is 5.17. The van der Waals surface area contributed by atoms with Crippen molar-refractivity contribution in [3.8, 4) is 5.75 Å². The van der Waals surface area contributed by atoms with Gasteiger partial charge in [-0.2, -0.15) is 0 Å². The Morgan fingerprint density at radius 3 is 2.39 bits per heavy atom. The topological polar surface area (TPSA) is 101 Å². The third kappa shape index (κ3) is 3.55. The van der Waals surface area contributed by atoms with E-state index in [1.807, 2.05) is 19.9 Å². The van der Waals surface area contributed by atoms with E-state index in [0.717, 1.165) is 17.2 Å². The summed E-state index contributed by atoms with van der Waals surface area (Å²) in [5, 5.41) is 29.7. The van der Waals surface area contributed by atoms with E-state index in [9.17, 15) is 25.1 Å². The first-order chi connectivity index (χ1) is 10.8. The number of phenols is 1. The molecule has 0 atom stereocenters. The molecule has 6 nitrogen and oxygen atoms in total. The summed E-state index contributed by atoms with van der Waals surface area (Å²) in [4.78, 5) is 21.7. The van der Waals surface area contributed by atoms with Crippen LogP contribution in [-0.4, -0.2) is 21.1 Å². The van der Waals surface area contributed by atoms with Crippen LogP contribution in [-0.2, 0) is 4.79 Å². The molecule has 6 heteroatoms. The van der Waals surface area contributed by atoms with Gasteiger partial charge in [-0.25, -0.2) is 4.79 Å². The van der Waals surface area contributed by atoms with Crippen molar-refractivity contribution in [1.82, 2.24) is 0 Å². The van der Waals surface area contributed by atoms with Crippen LogP contribution in [0.2, 0.25) is 0 Å². The van der Waals surface area contributed by atoms with Gasteiger partial charge < -0.3 is 10.2 Å². The highest BCUT2D eigenvalue weighted by Gasteiger charge is 2.15. The molecule has 2 rings (SSSR count). The largest absolute Gasteiger partial charge is 0.502 e. The lowest BCUT2D eigenvalue weighted by atomic mass is 9.98. The molecule has 2 aromatic rings. The second kappa shape index (κ2) is 6.31. The maximum absolute atomic E-state index is 11.5. The zero-order chi connectivity index (χ0) is 17.1. The Bertz CT molecular complexity index is 824. The number of carboxylic acids is 1. The number of aliphatic carboxylic acids is 1. The van der Waals surface area contributed by atoms with Crippen molar-refractivity contribution in [3.63, 3.8) is 0 Å². The van der Waals surface area contributed by atoms with Gasteiger partial charge in [-0.3, -0.25) is 10.1 Å². The molecular formula is C17H15NO5. The number of nitro groups is 1. The zero-order valence-electron chi connectivity index (χ0n) is 12.6. The van der Waals surface area contributed by atoms with E-state index in [-0.39, 0.29) is 5.57 Å². The van der Waals surface area contributed by atoms with Gasteiger partial charge in [-0.15, -0.1) is 0 Å². The fourth-order valence-electron chi connectivity index (χ4n) is 2.12. The average molecular weight is 313 g/mol. The molecule has 0 bridgehead atoms. The molecule has 0 fully saturated rings. The highest BCUT2D eigenvalue weighted by Crippen LogP contribution is 2.29. The van der Waals surface area contributed by atoms with E-state index in [1.165, 1.54) is 18.2 Å². The minimum absolute atomic E-state index is 0.0214. The predicted molar refractivity (Wildman–Crippen MR) is 86.2 cm³/mol. The van der Waals surface area contributed by atoms with Gasteiger partial charge in [0.25, 0.3) is 0 Å². The lowest BCUT2D eigenvalue weighted by molar-refractivity contribution is -0.385. The number of hydrogen-bond donors (Lipinski definition) is 2. The quantitative estimate of drug-likeness (QED) is 0.389. The Balaban J connectivity index is 2.55. The van der Waals surface area contributed by atoms with Crippen molar-refractivity contribution in [2.24, 2.45) is 0 Å². The van der Waals surface area contributed by atoms with Crippen LogP contribution >= 0.6 is 0 Å². The number of nitro benzene ring substituents is 1. The number of phenolic OH excluding ortho intramolecular Hbond substituents is 1. The second-order valence-electron chi connectivity index (χ2n) is 5.17. The van der Waals surface area contributed by atoms with Gasteiger partial charge in [0.1, 0.15) is 0 Å². The summed E-state index contributed by atoms with van der Waals surface area (Å²) >= 11 is 0. The number of carboxylic acid groups (broad SMARTS) is 1. The molecule has 2 aromatic carbocycles. The molecule has 0 aliphatic rings. The van der Waals surface area contributed by atoms with E-state index in [1.54, 1.807) is 12.1 Å². The van der Waals surface area contributed by atoms with E-state index in [2.05, 4.69) is 0 Å². The van der Waals surface area contributed by atoms with Gasteiger partial charge >= 0.3 is 11.7 Å². The third-order valence-corrected chi connectivity index (χ3v) is 3.56. The minimum Gasteiger partial charge on any atom is -0.502 e. The summed E-state index contributed by atoms with van der Waals surface area (Å²) in [6.45, 7) is 3.80. The number of aromatic hydroxyl groups is 1. The maximum atomic E-state index is 11.5. The van der Waals surface area contributed by atoms with Crippen LogP contribution in [0, 0.1) is 24.0 Å². The number of benzene rings is 2. The summed E-state index contributed by atoms with van der Waals surface area (Å²) in [5.41, 5.74) is 2.38. The summed E-state index contributed by atoms with van der Waals surface area (Å²) in [6.07, 6.45) is 1.35. The van der Waals surface area contributed by atoms with Crippen molar-refractivity contribution in [1.29, 1.82) is 0 Å². The van der Waals surface area contributed by atoms with Crippen LogP contribution in [0.1, 0.15) is 22.3 Å². The first-order valence-electron chi connectivity index (χ1n) is 6.79. The SMILES string of the molecule is Cc1ccc(/C(=C/c2ccc(O)c([N+](=O)[O-])c2)C(=O)O)cc1C. The Labute approximate surface area is 132 Å². The molecule has 23 heavy (non-hydrogen) atoms. The van der Waals surface area contributed by atoms with Gasteiger partial charge in [-0.05, 0) is 48.2 Å². The number of carbonyl (C=O) groups is 1. The van der Waals surface area contributed by atoms with Crippen molar-refractivity contribution in [2.75, 3.05) is 0 Å². The first-order valence-corrected chi connectivity index (χ1v) is 6.79. The Kier molecular flexibility index (Phi) is 4.45. The van der Waals surface area contributed by atoms with Gasteiger partial charge in [0.2, 0.25) is 0 Å². The van der Waals surface area contributed by atoms with Gasteiger partial charge in [0.15, 0.2) is 5.75 Å². The Morgan fingerprint density at radius 1 is 1.13 bits per heavy atom. The fraction of sp³-hybridized carbons (Fsp3) is 0.118. The van der Waals surface area contributed by atoms with Crippen LogP contribution < -0.4 is 0 Å². The molecule has 0 radical (unpaired) electrons. The lowest BCUT2D eigenvalue weighted by Crippen LogP contribution is -2.00. The highest BCUT2D eigenvalue weighted by atomic mass is 16.6. The summed E-state index contributed by atoms with van der Waals surface area (Å²) in [6, 6.07) is 9.00. The molecule has 0 aliphatic carbocycles. The lowest BCUT2D eigenvalue weighted by Gasteiger charge is -2.07. The van der Waals surface area contributed by atoms with Crippen molar-refractivity contribution >= 4 is 23.3 Å². The standard InChI is InChI=1S/C17H15NO5/c1-10-3-5-13(7-11(10)2)14(17(20)21)8-12-4-6-16(19)15(9-12)18(22)23/h3-9,19H,1-2H3,(H,20,21)/b14-8-. The number of hydrogen-bond acceptors (Lipinski definition) is 4. The Morgan fingerprint density at radius 2 is 1.83 bits per heavy atom. The smallest absolute Gasteiger partial charge is 0.336 e. The zero-order valence-corrected chi connectivity index (χ0v) is 12.6. The summed E-state index contributed by atoms with van der Waals surface area (Å²) < 4.78 is 0. The van der Waals surface area contributed by atoms with E-state index >= 15 is 0 Å². The van der Waals surface area contributed by atoms with Gasteiger partial charge in [0.05, 0.1) is 10.5 Å². The van der Waals surface area contributed by atoms with Crippen molar-refractivity contribution < 1.29 is 19.9 Å². The summed E-state index contributed by atoms with van der Waals surface area (Å²) in [5.74, 6) is -1.60.